The molecule has 1 rings (SSSR count). The highest BCUT2D eigenvalue weighted by atomic mass is 31.2. The summed E-state index contributed by atoms with van der Waals surface area (Å²) in [6, 6.07) is 0. The van der Waals surface area contributed by atoms with Crippen LogP contribution in [0.25, 0.3) is 0 Å². The van der Waals surface area contributed by atoms with Crippen molar-refractivity contribution in [1.29, 1.82) is 0 Å². The lowest BCUT2D eigenvalue weighted by Gasteiger charge is -2.19. The highest BCUT2D eigenvalue weighted by Gasteiger charge is 2.39. The Morgan fingerprint density at radius 3 is 1.94 bits per heavy atom. The van der Waals surface area contributed by atoms with Crippen molar-refractivity contribution >= 4 is 25.5 Å². The standard InChI is InChI=1S/C41H73O11P/c1-3-5-7-8-9-10-11-12-13-14-15-16-17-18-23-27-40(45)50-32-35(33-51-53(47,48)49)52-41(46)28-24-20-19-22-26-36-37(39(44)31-38(36)43)30-29-34(42)25-21-6-4-2/h10-11,29-30,34-38,42-43H,3-9,12-28,31-33H2,1-2H3,(H2,47,48,49)/b11-10-,30-29+/t34-,35+,36+,37+,38-/m0/s1. The highest BCUT2D eigenvalue weighted by Crippen LogP contribution is 2.36. The maximum atomic E-state index is 12.5. The van der Waals surface area contributed by atoms with E-state index in [0.717, 1.165) is 57.8 Å². The zero-order valence-electron chi connectivity index (χ0n) is 32.9. The number of phosphoric ester groups is 1. The normalized spacial score (nSPS) is 19.0. The van der Waals surface area contributed by atoms with E-state index in [4.69, 9.17) is 19.3 Å². The van der Waals surface area contributed by atoms with Crippen LogP contribution >= 0.6 is 7.82 Å². The second-order valence-corrected chi connectivity index (χ2v) is 16.0. The molecule has 12 heteroatoms. The fourth-order valence-corrected chi connectivity index (χ4v) is 7.04. The molecule has 0 aromatic carbocycles. The van der Waals surface area contributed by atoms with Gasteiger partial charge in [0, 0.05) is 25.2 Å². The van der Waals surface area contributed by atoms with Crippen molar-refractivity contribution in [3.8, 4) is 0 Å². The van der Waals surface area contributed by atoms with Gasteiger partial charge in [-0.05, 0) is 57.3 Å². The Hall–Kier alpha value is -1.88. The Balaban J connectivity index is 2.27. The summed E-state index contributed by atoms with van der Waals surface area (Å²) >= 11 is 0. The molecule has 1 aliphatic rings. The van der Waals surface area contributed by atoms with Gasteiger partial charge in [-0.1, -0.05) is 128 Å². The van der Waals surface area contributed by atoms with E-state index in [1.54, 1.807) is 12.2 Å². The number of hydrogen-bond acceptors (Lipinski definition) is 9. The number of aliphatic hydroxyl groups is 2. The maximum absolute atomic E-state index is 12.5. The molecule has 0 unspecified atom stereocenters. The zero-order chi connectivity index (χ0) is 39.2. The lowest BCUT2D eigenvalue weighted by molar-refractivity contribution is -0.161. The fourth-order valence-electron chi connectivity index (χ4n) is 6.68. The van der Waals surface area contributed by atoms with Crippen LogP contribution in [0.3, 0.4) is 0 Å². The quantitative estimate of drug-likeness (QED) is 0.0212. The van der Waals surface area contributed by atoms with Gasteiger partial charge in [0.2, 0.25) is 0 Å². The molecule has 308 valence electrons. The Kier molecular flexibility index (Phi) is 29.1. The minimum atomic E-state index is -4.82. The van der Waals surface area contributed by atoms with Crippen LogP contribution in [0.15, 0.2) is 24.3 Å². The number of Topliss-reactive ketones (excluding diaryl/α,β-unsaturated/α-hetero) is 1. The Morgan fingerprint density at radius 1 is 0.774 bits per heavy atom. The van der Waals surface area contributed by atoms with Gasteiger partial charge in [0.25, 0.3) is 0 Å². The number of aliphatic hydroxyl groups excluding tert-OH is 2. The summed E-state index contributed by atoms with van der Waals surface area (Å²) in [6.07, 6.45) is 28.0. The van der Waals surface area contributed by atoms with E-state index in [1.807, 2.05) is 0 Å². The molecule has 53 heavy (non-hydrogen) atoms. The molecule has 1 aliphatic carbocycles. The van der Waals surface area contributed by atoms with Crippen molar-refractivity contribution < 1.29 is 52.9 Å². The molecule has 0 aromatic heterocycles. The number of carbonyl (C=O) groups excluding carboxylic acids is 3. The number of phosphoric acid groups is 1. The van der Waals surface area contributed by atoms with Crippen LogP contribution in [0.2, 0.25) is 0 Å². The summed E-state index contributed by atoms with van der Waals surface area (Å²) in [5, 5.41) is 20.7. The summed E-state index contributed by atoms with van der Waals surface area (Å²) in [7, 11) is -4.82. The third-order valence-electron chi connectivity index (χ3n) is 9.85. The molecule has 0 aliphatic heterocycles. The summed E-state index contributed by atoms with van der Waals surface area (Å²) in [5.74, 6) is -1.64. The summed E-state index contributed by atoms with van der Waals surface area (Å²) in [4.78, 5) is 55.5. The van der Waals surface area contributed by atoms with Gasteiger partial charge in [0.05, 0.1) is 18.8 Å². The van der Waals surface area contributed by atoms with Crippen molar-refractivity contribution in [2.45, 2.75) is 193 Å². The molecule has 0 heterocycles. The zero-order valence-corrected chi connectivity index (χ0v) is 33.8. The SMILES string of the molecule is CCCCCC/C=C\CCCCCCCCCC(=O)OC[C@H](COP(=O)(O)O)OC(=O)CCCCCC[C@H]1[C@@H](O)CC(=O)[C@@H]1/C=C/[C@@H](O)CCCCC. The van der Waals surface area contributed by atoms with E-state index < -0.39 is 50.6 Å². The van der Waals surface area contributed by atoms with E-state index in [1.165, 1.54) is 51.4 Å². The minimum Gasteiger partial charge on any atom is -0.462 e. The first-order valence-electron chi connectivity index (χ1n) is 20.7. The molecule has 0 amide bonds. The third kappa shape index (κ3) is 27.4. The van der Waals surface area contributed by atoms with Crippen LogP contribution < -0.4 is 0 Å². The number of allylic oxidation sites excluding steroid dienone is 3. The van der Waals surface area contributed by atoms with Gasteiger partial charge < -0.3 is 29.5 Å². The fraction of sp³-hybridized carbons (Fsp3) is 0.829. The van der Waals surface area contributed by atoms with Gasteiger partial charge in [-0.2, -0.15) is 0 Å². The van der Waals surface area contributed by atoms with Crippen LogP contribution in [0.5, 0.6) is 0 Å². The number of rotatable bonds is 34. The van der Waals surface area contributed by atoms with Crippen molar-refractivity contribution in [2.24, 2.45) is 11.8 Å². The van der Waals surface area contributed by atoms with Gasteiger partial charge in [0.15, 0.2) is 6.10 Å². The second kappa shape index (κ2) is 31.3. The third-order valence-corrected chi connectivity index (χ3v) is 10.3. The number of ether oxygens (including phenoxy) is 2. The lowest BCUT2D eigenvalue weighted by Crippen LogP contribution is -2.29. The largest absolute Gasteiger partial charge is 0.469 e. The molecule has 0 saturated heterocycles. The van der Waals surface area contributed by atoms with E-state index in [2.05, 4.69) is 30.5 Å². The van der Waals surface area contributed by atoms with Gasteiger partial charge in [-0.15, -0.1) is 0 Å². The second-order valence-electron chi connectivity index (χ2n) is 14.7. The van der Waals surface area contributed by atoms with E-state index in [0.29, 0.717) is 32.1 Å². The van der Waals surface area contributed by atoms with Gasteiger partial charge in [0.1, 0.15) is 12.4 Å². The highest BCUT2D eigenvalue weighted by molar-refractivity contribution is 7.46. The number of unbranched alkanes of at least 4 members (excludes halogenated alkanes) is 16. The molecule has 5 atom stereocenters. The summed E-state index contributed by atoms with van der Waals surface area (Å²) in [5.41, 5.74) is 0. The molecule has 11 nitrogen and oxygen atoms in total. The predicted octanol–water partition coefficient (Wildman–Crippen LogP) is 8.99. The van der Waals surface area contributed by atoms with Crippen LogP contribution in [-0.2, 0) is 32.9 Å². The maximum Gasteiger partial charge on any atom is 0.469 e. The first-order valence-corrected chi connectivity index (χ1v) is 22.3. The molecule has 0 bridgehead atoms. The molecular weight excluding hydrogens is 699 g/mol. The topological polar surface area (TPSA) is 177 Å². The average molecular weight is 773 g/mol. The van der Waals surface area contributed by atoms with E-state index in [9.17, 15) is 29.2 Å². The molecule has 0 spiro atoms. The molecule has 1 fully saturated rings. The van der Waals surface area contributed by atoms with Crippen molar-refractivity contribution in [3.05, 3.63) is 24.3 Å². The lowest BCUT2D eigenvalue weighted by atomic mass is 9.88. The monoisotopic (exact) mass is 772 g/mol. The molecule has 0 aromatic rings. The first kappa shape index (κ1) is 49.1. The van der Waals surface area contributed by atoms with Gasteiger partial charge >= 0.3 is 19.8 Å². The Labute approximate surface area is 320 Å². The number of carbonyl (C=O) groups is 3. The molecule has 1 saturated carbocycles. The predicted molar refractivity (Wildman–Crippen MR) is 208 cm³/mol. The van der Waals surface area contributed by atoms with Crippen LogP contribution in [0, 0.1) is 11.8 Å². The summed E-state index contributed by atoms with van der Waals surface area (Å²) in [6.45, 7) is 3.37. The smallest absolute Gasteiger partial charge is 0.462 e. The number of ketones is 1. The van der Waals surface area contributed by atoms with Crippen LogP contribution in [0.4, 0.5) is 0 Å². The minimum absolute atomic E-state index is 0.00595. The Morgan fingerprint density at radius 2 is 1.32 bits per heavy atom. The number of hydrogen-bond donors (Lipinski definition) is 4. The van der Waals surface area contributed by atoms with E-state index in [-0.39, 0.29) is 37.6 Å². The van der Waals surface area contributed by atoms with Crippen molar-refractivity contribution in [2.75, 3.05) is 13.2 Å². The molecule has 0 radical (unpaired) electrons. The van der Waals surface area contributed by atoms with Gasteiger partial charge in [-0.3, -0.25) is 18.9 Å². The first-order chi connectivity index (χ1) is 25.5. The van der Waals surface area contributed by atoms with Crippen molar-refractivity contribution in [1.82, 2.24) is 0 Å². The number of esters is 2. The summed E-state index contributed by atoms with van der Waals surface area (Å²) < 4.78 is 26.4. The van der Waals surface area contributed by atoms with Crippen LogP contribution in [0.1, 0.15) is 174 Å². The van der Waals surface area contributed by atoms with E-state index >= 15 is 0 Å². The van der Waals surface area contributed by atoms with Gasteiger partial charge in [-0.25, -0.2) is 4.57 Å². The molecular formula is C41H73O11P. The van der Waals surface area contributed by atoms with Crippen LogP contribution in [-0.4, -0.2) is 69.2 Å². The van der Waals surface area contributed by atoms with Crippen molar-refractivity contribution in [3.63, 3.8) is 0 Å². The molecule has 4 N–H and O–H groups in total. The average Bonchev–Trinajstić information content (AvgIpc) is 3.38. The Bertz CT molecular complexity index is 1070.